The van der Waals surface area contributed by atoms with Crippen LogP contribution in [0.4, 0.5) is 17.1 Å². The average Bonchev–Trinajstić information content (AvgIpc) is 3.93. The summed E-state index contributed by atoms with van der Waals surface area (Å²) in [4.78, 5) is 7.20. The van der Waals surface area contributed by atoms with Gasteiger partial charge in [-0.15, -0.1) is 0 Å². The van der Waals surface area contributed by atoms with E-state index in [-0.39, 0.29) is 0 Å². The maximum atomic E-state index is 6.77. The molecular weight excluding hydrogens is 721 g/mol. The van der Waals surface area contributed by atoms with E-state index in [9.17, 15) is 0 Å². The molecule has 0 N–H and O–H groups in total. The van der Waals surface area contributed by atoms with Crippen LogP contribution in [-0.4, -0.2) is 4.98 Å². The largest absolute Gasteiger partial charge is 0.455 e. The Kier molecular flexibility index (Phi) is 8.45. The van der Waals surface area contributed by atoms with Crippen molar-refractivity contribution < 1.29 is 8.83 Å². The first kappa shape index (κ1) is 34.3. The van der Waals surface area contributed by atoms with Gasteiger partial charge in [0.15, 0.2) is 5.58 Å². The minimum Gasteiger partial charge on any atom is -0.455 e. The van der Waals surface area contributed by atoms with Crippen molar-refractivity contribution in [3.8, 4) is 56.0 Å². The van der Waals surface area contributed by atoms with Gasteiger partial charge in [-0.05, 0) is 99.6 Å². The molecule has 0 saturated heterocycles. The minimum atomic E-state index is 0.592. The Morgan fingerprint density at radius 1 is 0.339 bits per heavy atom. The Balaban J connectivity index is 1.07. The van der Waals surface area contributed by atoms with Gasteiger partial charge < -0.3 is 13.7 Å². The molecule has 0 bridgehead atoms. The summed E-state index contributed by atoms with van der Waals surface area (Å²) in [5.74, 6) is 0.592. The zero-order valence-corrected chi connectivity index (χ0v) is 32.0. The zero-order chi connectivity index (χ0) is 39.1. The Labute approximate surface area is 341 Å². The molecule has 11 rings (SSSR count). The van der Waals surface area contributed by atoms with Crippen LogP contribution in [0.1, 0.15) is 0 Å². The fraction of sp³-hybridized carbons (Fsp3) is 0. The number of benzene rings is 9. The van der Waals surface area contributed by atoms with Gasteiger partial charge in [0.25, 0.3) is 0 Å². The fourth-order valence-corrected chi connectivity index (χ4v) is 8.26. The fourth-order valence-electron chi connectivity index (χ4n) is 8.26. The van der Waals surface area contributed by atoms with Crippen molar-refractivity contribution in [3.05, 3.63) is 218 Å². The Bertz CT molecular complexity index is 3140. The van der Waals surface area contributed by atoms with Gasteiger partial charge in [0.2, 0.25) is 5.89 Å². The molecule has 9 aromatic carbocycles. The van der Waals surface area contributed by atoms with Gasteiger partial charge in [-0.1, -0.05) is 158 Å². The zero-order valence-electron chi connectivity index (χ0n) is 32.0. The quantitative estimate of drug-likeness (QED) is 0.155. The Hall–Kier alpha value is -7.95. The number of nitrogens with zero attached hydrogens (tertiary/aromatic N) is 2. The molecular formula is C55H36N2O2. The molecule has 59 heavy (non-hydrogen) atoms. The Morgan fingerprint density at radius 2 is 0.864 bits per heavy atom. The van der Waals surface area contributed by atoms with Gasteiger partial charge in [-0.2, -0.15) is 0 Å². The van der Waals surface area contributed by atoms with Crippen LogP contribution >= 0.6 is 0 Å². The molecule has 0 fully saturated rings. The van der Waals surface area contributed by atoms with Crippen LogP contribution in [0.5, 0.6) is 0 Å². The third kappa shape index (κ3) is 6.24. The molecule has 0 unspecified atom stereocenters. The maximum Gasteiger partial charge on any atom is 0.227 e. The van der Waals surface area contributed by atoms with Crippen molar-refractivity contribution in [3.63, 3.8) is 0 Å². The lowest BCUT2D eigenvalue weighted by atomic mass is 9.92. The van der Waals surface area contributed by atoms with Gasteiger partial charge in [-0.25, -0.2) is 4.98 Å². The number of hydrogen-bond donors (Lipinski definition) is 0. The van der Waals surface area contributed by atoms with E-state index < -0.39 is 0 Å². The van der Waals surface area contributed by atoms with Crippen LogP contribution in [0.25, 0.3) is 89.0 Å². The van der Waals surface area contributed by atoms with Gasteiger partial charge in [-0.3, -0.25) is 0 Å². The molecule has 0 amide bonds. The molecule has 4 heteroatoms. The van der Waals surface area contributed by atoms with Crippen molar-refractivity contribution in [2.45, 2.75) is 0 Å². The van der Waals surface area contributed by atoms with Gasteiger partial charge >= 0.3 is 0 Å². The van der Waals surface area contributed by atoms with E-state index in [1.807, 2.05) is 42.5 Å². The third-order valence-electron chi connectivity index (χ3n) is 11.1. The lowest BCUT2D eigenvalue weighted by Crippen LogP contribution is -2.10. The predicted octanol–water partition coefficient (Wildman–Crippen LogP) is 15.5. The second kappa shape index (κ2) is 14.5. The van der Waals surface area contributed by atoms with E-state index in [1.54, 1.807) is 0 Å². The number of para-hydroxylation sites is 1. The Morgan fingerprint density at radius 3 is 1.46 bits per heavy atom. The van der Waals surface area contributed by atoms with Crippen LogP contribution in [-0.2, 0) is 0 Å². The van der Waals surface area contributed by atoms with Crippen LogP contribution in [0.2, 0.25) is 0 Å². The number of oxazole rings is 1. The molecule has 0 saturated carbocycles. The van der Waals surface area contributed by atoms with Crippen molar-refractivity contribution in [2.24, 2.45) is 0 Å². The number of aromatic nitrogens is 1. The monoisotopic (exact) mass is 756 g/mol. The first-order valence-corrected chi connectivity index (χ1v) is 19.9. The van der Waals surface area contributed by atoms with Crippen LogP contribution in [0, 0.1) is 0 Å². The SMILES string of the molecule is c1ccc(-c2ccc(N(c3ccc(-c4ccccc4)cc3)c3ccc(-c4cccc5c4oc4ccc6nc(-c7ccccc7)oc6c45)c(-c4ccccc4)c3)cc2)cc1. The normalized spacial score (nSPS) is 11.4. The molecule has 11 aromatic rings. The first-order chi connectivity index (χ1) is 29.2. The third-order valence-corrected chi connectivity index (χ3v) is 11.1. The molecule has 0 aliphatic rings. The number of hydrogen-bond acceptors (Lipinski definition) is 4. The highest BCUT2D eigenvalue weighted by atomic mass is 16.4. The number of rotatable bonds is 8. The molecule has 0 atom stereocenters. The van der Waals surface area contributed by atoms with Crippen molar-refractivity contribution in [2.75, 3.05) is 4.90 Å². The minimum absolute atomic E-state index is 0.592. The highest BCUT2D eigenvalue weighted by Gasteiger charge is 2.22. The summed E-state index contributed by atoms with van der Waals surface area (Å²) in [5.41, 5.74) is 16.2. The molecule has 278 valence electrons. The van der Waals surface area contributed by atoms with Crippen LogP contribution in [0.15, 0.2) is 227 Å². The summed E-state index contributed by atoms with van der Waals surface area (Å²) in [6, 6.07) is 76.5. The second-order valence-corrected chi connectivity index (χ2v) is 14.7. The van der Waals surface area contributed by atoms with E-state index >= 15 is 0 Å². The lowest BCUT2D eigenvalue weighted by Gasteiger charge is -2.27. The van der Waals surface area contributed by atoms with Crippen molar-refractivity contribution >= 4 is 50.1 Å². The molecule has 2 heterocycles. The van der Waals surface area contributed by atoms with Crippen molar-refractivity contribution in [1.29, 1.82) is 0 Å². The van der Waals surface area contributed by atoms with Crippen LogP contribution < -0.4 is 4.90 Å². The van der Waals surface area contributed by atoms with E-state index in [0.717, 1.165) is 77.9 Å². The molecule has 0 radical (unpaired) electrons. The number of fused-ring (bicyclic) bond motifs is 5. The van der Waals surface area contributed by atoms with Crippen LogP contribution in [0.3, 0.4) is 0 Å². The molecule has 0 spiro atoms. The number of furan rings is 1. The smallest absolute Gasteiger partial charge is 0.227 e. The second-order valence-electron chi connectivity index (χ2n) is 14.7. The predicted molar refractivity (Wildman–Crippen MR) is 243 cm³/mol. The topological polar surface area (TPSA) is 42.4 Å². The maximum absolute atomic E-state index is 6.77. The molecule has 4 nitrogen and oxygen atoms in total. The molecule has 0 aliphatic heterocycles. The summed E-state index contributed by atoms with van der Waals surface area (Å²) in [5, 5.41) is 1.91. The average molecular weight is 757 g/mol. The van der Waals surface area contributed by atoms with Gasteiger partial charge in [0.1, 0.15) is 16.7 Å². The van der Waals surface area contributed by atoms with Gasteiger partial charge in [0.05, 0.1) is 5.39 Å². The number of anilines is 3. The van der Waals surface area contributed by atoms with Crippen molar-refractivity contribution in [1.82, 2.24) is 4.98 Å². The summed E-state index contributed by atoms with van der Waals surface area (Å²) in [7, 11) is 0. The van der Waals surface area contributed by atoms with E-state index in [2.05, 4.69) is 181 Å². The van der Waals surface area contributed by atoms with E-state index in [4.69, 9.17) is 13.8 Å². The van der Waals surface area contributed by atoms with E-state index in [1.165, 1.54) is 22.3 Å². The van der Waals surface area contributed by atoms with E-state index in [0.29, 0.717) is 5.89 Å². The highest BCUT2D eigenvalue weighted by Crippen LogP contribution is 2.45. The standard InChI is InChI=1S/C55H36N2O2/c1-5-14-37(15-6-1)39-24-28-43(29-25-39)57(44-30-26-40(27-31-44)38-16-7-2-8-17-38)45-32-33-46(49(36-45)41-18-9-3-10-19-41)47-22-13-23-48-52-51(58-53(47)48)35-34-50-54(52)59-55(56-50)42-20-11-4-12-21-42/h1-36H. The summed E-state index contributed by atoms with van der Waals surface area (Å²) in [6.07, 6.45) is 0. The first-order valence-electron chi connectivity index (χ1n) is 19.9. The summed E-state index contributed by atoms with van der Waals surface area (Å²) >= 11 is 0. The molecule has 0 aliphatic carbocycles. The molecule has 2 aromatic heterocycles. The summed E-state index contributed by atoms with van der Waals surface area (Å²) < 4.78 is 13.3. The highest BCUT2D eigenvalue weighted by molar-refractivity contribution is 6.19. The lowest BCUT2D eigenvalue weighted by molar-refractivity contribution is 0.622. The summed E-state index contributed by atoms with van der Waals surface area (Å²) in [6.45, 7) is 0. The van der Waals surface area contributed by atoms with Gasteiger partial charge in [0, 0.05) is 33.6 Å².